The fourth-order valence-corrected chi connectivity index (χ4v) is 2.18. The zero-order chi connectivity index (χ0) is 12.3. The lowest BCUT2D eigenvalue weighted by atomic mass is 10.4. The Bertz CT molecular complexity index is 625. The van der Waals surface area contributed by atoms with Gasteiger partial charge in [0, 0.05) is 30.6 Å². The number of aromatic amines is 2. The molecule has 0 fully saturated rings. The molecule has 2 rings (SSSR count). The molecule has 0 radical (unpaired) electrons. The molecule has 0 aliphatic rings. The van der Waals surface area contributed by atoms with E-state index in [1.165, 1.54) is 12.3 Å². The van der Waals surface area contributed by atoms with Gasteiger partial charge in [0.2, 0.25) is 15.6 Å². The first-order valence-corrected chi connectivity index (χ1v) is 6.22. The summed E-state index contributed by atoms with van der Waals surface area (Å²) in [5.74, 6) is 0. The summed E-state index contributed by atoms with van der Waals surface area (Å²) < 4.78 is 25.9. The molecule has 0 amide bonds. The van der Waals surface area contributed by atoms with E-state index in [9.17, 15) is 13.2 Å². The Balaban J connectivity index is 2.14. The van der Waals surface area contributed by atoms with E-state index in [2.05, 4.69) is 19.9 Å². The lowest BCUT2D eigenvalue weighted by Crippen LogP contribution is -2.23. The number of hydrogen-bond acceptors (Lipinski definition) is 4. The van der Waals surface area contributed by atoms with Gasteiger partial charge in [0.15, 0.2) is 0 Å². The Kier molecular flexibility index (Phi) is 3.07. The van der Waals surface area contributed by atoms with Gasteiger partial charge in [-0.1, -0.05) is 0 Å². The van der Waals surface area contributed by atoms with Crippen molar-refractivity contribution in [3.05, 3.63) is 46.6 Å². The highest BCUT2D eigenvalue weighted by atomic mass is 32.2. The van der Waals surface area contributed by atoms with E-state index in [1.807, 2.05) is 0 Å². The zero-order valence-corrected chi connectivity index (χ0v) is 9.49. The Hall–Kier alpha value is -1.93. The van der Waals surface area contributed by atoms with Crippen LogP contribution >= 0.6 is 0 Å². The SMILES string of the molecule is O=c1ccc(S(=O)(=O)NCc2cn[nH]c2)c[nH]1. The van der Waals surface area contributed by atoms with Crippen molar-refractivity contribution in [3.63, 3.8) is 0 Å². The molecule has 0 saturated carbocycles. The van der Waals surface area contributed by atoms with E-state index in [-0.39, 0.29) is 17.0 Å². The van der Waals surface area contributed by atoms with Crippen LogP contribution in [0.2, 0.25) is 0 Å². The van der Waals surface area contributed by atoms with Crippen molar-refractivity contribution in [1.29, 1.82) is 0 Å². The fourth-order valence-electron chi connectivity index (χ4n) is 1.20. The molecule has 0 saturated heterocycles. The predicted molar refractivity (Wildman–Crippen MR) is 59.7 cm³/mol. The molecule has 2 aromatic heterocycles. The van der Waals surface area contributed by atoms with E-state index < -0.39 is 10.0 Å². The second-order valence-corrected chi connectivity index (χ2v) is 5.09. The molecule has 2 heterocycles. The van der Waals surface area contributed by atoms with Crippen LogP contribution in [0, 0.1) is 0 Å². The van der Waals surface area contributed by atoms with Crippen LogP contribution in [-0.2, 0) is 16.6 Å². The average molecular weight is 254 g/mol. The topological polar surface area (TPSA) is 108 Å². The van der Waals surface area contributed by atoms with Gasteiger partial charge in [-0.25, -0.2) is 13.1 Å². The largest absolute Gasteiger partial charge is 0.328 e. The smallest absolute Gasteiger partial charge is 0.247 e. The number of hydrogen-bond donors (Lipinski definition) is 3. The zero-order valence-electron chi connectivity index (χ0n) is 8.67. The summed E-state index contributed by atoms with van der Waals surface area (Å²) in [6.07, 6.45) is 4.27. The van der Waals surface area contributed by atoms with Crippen molar-refractivity contribution < 1.29 is 8.42 Å². The summed E-state index contributed by atoms with van der Waals surface area (Å²) in [4.78, 5) is 13.1. The second kappa shape index (κ2) is 4.52. The summed E-state index contributed by atoms with van der Waals surface area (Å²) in [6.45, 7) is 0.137. The molecule has 90 valence electrons. The minimum Gasteiger partial charge on any atom is -0.328 e. The highest BCUT2D eigenvalue weighted by Crippen LogP contribution is 2.05. The van der Waals surface area contributed by atoms with E-state index in [0.717, 1.165) is 17.8 Å². The van der Waals surface area contributed by atoms with E-state index >= 15 is 0 Å². The van der Waals surface area contributed by atoms with Crippen molar-refractivity contribution in [1.82, 2.24) is 19.9 Å². The van der Waals surface area contributed by atoms with Crippen molar-refractivity contribution in [2.24, 2.45) is 0 Å². The molecule has 2 aromatic rings. The Morgan fingerprint density at radius 3 is 2.71 bits per heavy atom. The van der Waals surface area contributed by atoms with Crippen molar-refractivity contribution >= 4 is 10.0 Å². The third kappa shape index (κ3) is 2.80. The highest BCUT2D eigenvalue weighted by molar-refractivity contribution is 7.89. The number of aromatic nitrogens is 3. The van der Waals surface area contributed by atoms with Gasteiger partial charge in [-0.3, -0.25) is 9.89 Å². The van der Waals surface area contributed by atoms with Crippen molar-refractivity contribution in [2.75, 3.05) is 0 Å². The van der Waals surface area contributed by atoms with Gasteiger partial charge in [-0.05, 0) is 6.07 Å². The third-order valence-corrected chi connectivity index (χ3v) is 3.49. The van der Waals surface area contributed by atoms with Crippen LogP contribution in [0.5, 0.6) is 0 Å². The van der Waals surface area contributed by atoms with Gasteiger partial charge < -0.3 is 4.98 Å². The van der Waals surface area contributed by atoms with Crippen LogP contribution < -0.4 is 10.3 Å². The first-order chi connectivity index (χ1) is 8.08. The quantitative estimate of drug-likeness (QED) is 0.688. The number of sulfonamides is 1. The molecule has 0 aliphatic heterocycles. The van der Waals surface area contributed by atoms with Gasteiger partial charge in [-0.2, -0.15) is 5.10 Å². The Morgan fingerprint density at radius 2 is 2.12 bits per heavy atom. The second-order valence-electron chi connectivity index (χ2n) is 3.32. The molecular formula is C9H10N4O3S. The van der Waals surface area contributed by atoms with E-state index in [1.54, 1.807) is 6.20 Å². The van der Waals surface area contributed by atoms with Crippen molar-refractivity contribution in [3.8, 4) is 0 Å². The van der Waals surface area contributed by atoms with Gasteiger partial charge in [-0.15, -0.1) is 0 Å². The van der Waals surface area contributed by atoms with Crippen LogP contribution in [0.4, 0.5) is 0 Å². The molecular weight excluding hydrogens is 244 g/mol. The van der Waals surface area contributed by atoms with Gasteiger partial charge >= 0.3 is 0 Å². The number of pyridine rings is 1. The lowest BCUT2D eigenvalue weighted by Gasteiger charge is -2.04. The minimum absolute atomic E-state index is 0.0144. The van der Waals surface area contributed by atoms with Gasteiger partial charge in [0.05, 0.1) is 11.1 Å². The molecule has 7 nitrogen and oxygen atoms in total. The van der Waals surface area contributed by atoms with Crippen LogP contribution in [0.3, 0.4) is 0 Å². The average Bonchev–Trinajstić information content (AvgIpc) is 2.80. The maximum Gasteiger partial charge on any atom is 0.247 e. The first kappa shape index (κ1) is 11.6. The predicted octanol–water partition coefficient (Wildman–Crippen LogP) is -0.424. The van der Waals surface area contributed by atoms with Crippen LogP contribution in [0.1, 0.15) is 5.56 Å². The van der Waals surface area contributed by atoms with Crippen LogP contribution in [0.15, 0.2) is 40.4 Å². The van der Waals surface area contributed by atoms with Gasteiger partial charge in [0.25, 0.3) is 0 Å². The van der Waals surface area contributed by atoms with Crippen LogP contribution in [-0.4, -0.2) is 23.6 Å². The lowest BCUT2D eigenvalue weighted by molar-refractivity contribution is 0.581. The molecule has 8 heteroatoms. The maximum absolute atomic E-state index is 11.8. The number of nitrogens with one attached hydrogen (secondary N) is 3. The summed E-state index contributed by atoms with van der Waals surface area (Å²) in [5, 5.41) is 6.28. The summed E-state index contributed by atoms with van der Waals surface area (Å²) >= 11 is 0. The normalized spacial score (nSPS) is 11.5. The Labute approximate surface area is 96.9 Å². The van der Waals surface area contributed by atoms with Crippen molar-refractivity contribution in [2.45, 2.75) is 11.4 Å². The molecule has 17 heavy (non-hydrogen) atoms. The molecule has 0 atom stereocenters. The van der Waals surface area contributed by atoms with E-state index in [4.69, 9.17) is 0 Å². The fraction of sp³-hybridized carbons (Fsp3) is 0.111. The van der Waals surface area contributed by atoms with E-state index in [0.29, 0.717) is 0 Å². The van der Waals surface area contributed by atoms with Crippen LogP contribution in [0.25, 0.3) is 0 Å². The summed E-state index contributed by atoms with van der Waals surface area (Å²) in [5.41, 5.74) is 0.372. The molecule has 0 spiro atoms. The molecule has 0 unspecified atom stereocenters. The minimum atomic E-state index is -3.61. The molecule has 0 bridgehead atoms. The number of nitrogens with zero attached hydrogens (tertiary/aromatic N) is 1. The monoisotopic (exact) mass is 254 g/mol. The maximum atomic E-state index is 11.8. The third-order valence-electron chi connectivity index (χ3n) is 2.09. The summed E-state index contributed by atoms with van der Waals surface area (Å²) in [6, 6.07) is 2.41. The first-order valence-electron chi connectivity index (χ1n) is 4.74. The molecule has 0 aliphatic carbocycles. The van der Waals surface area contributed by atoms with Gasteiger partial charge in [0.1, 0.15) is 0 Å². The summed E-state index contributed by atoms with van der Waals surface area (Å²) in [7, 11) is -3.61. The highest BCUT2D eigenvalue weighted by Gasteiger charge is 2.13. The molecule has 0 aromatic carbocycles. The Morgan fingerprint density at radius 1 is 1.29 bits per heavy atom. The number of H-pyrrole nitrogens is 2. The molecule has 3 N–H and O–H groups in total. The standard InChI is InChI=1S/C9H10N4O3S/c14-9-2-1-8(6-10-9)17(15,16)13-5-7-3-11-12-4-7/h1-4,6,13H,5H2,(H,10,14)(H,11,12). The number of rotatable bonds is 4.